The molecule has 1 heterocycles. The number of aromatic nitrogens is 2. The Morgan fingerprint density at radius 3 is 2.55 bits per heavy atom. The molecule has 3 rings (SSSR count). The van der Waals surface area contributed by atoms with E-state index in [9.17, 15) is 0 Å². The molecular weight excluding hydrogens is 390 g/mol. The number of nitrogens with zero attached hydrogens (tertiary/aromatic N) is 3. The molecule has 2 aromatic rings. The molecule has 31 heavy (non-hydrogen) atoms. The molecule has 1 aliphatic rings. The fourth-order valence-corrected chi connectivity index (χ4v) is 4.27. The minimum Gasteiger partial charge on any atom is -0.497 e. The molecule has 7 nitrogen and oxygen atoms in total. The van der Waals surface area contributed by atoms with Crippen molar-refractivity contribution in [1.82, 2.24) is 20.4 Å². The summed E-state index contributed by atoms with van der Waals surface area (Å²) >= 11 is 0. The van der Waals surface area contributed by atoms with Crippen LogP contribution in [0.3, 0.4) is 0 Å². The van der Waals surface area contributed by atoms with Crippen molar-refractivity contribution in [3.63, 3.8) is 0 Å². The molecule has 1 aromatic carbocycles. The predicted molar refractivity (Wildman–Crippen MR) is 125 cm³/mol. The lowest BCUT2D eigenvalue weighted by Crippen LogP contribution is -2.36. The Kier molecular flexibility index (Phi) is 8.20. The lowest BCUT2D eigenvalue weighted by Gasteiger charge is -2.19. The number of guanidine groups is 1. The second kappa shape index (κ2) is 11.1. The van der Waals surface area contributed by atoms with Gasteiger partial charge in [0.1, 0.15) is 11.5 Å². The lowest BCUT2D eigenvalue weighted by molar-refractivity contribution is 0.207. The Bertz CT molecular complexity index is 884. The first-order valence-electron chi connectivity index (χ1n) is 11.4. The summed E-state index contributed by atoms with van der Waals surface area (Å²) in [5.74, 6) is 2.47. The molecule has 0 spiro atoms. The second-order valence-corrected chi connectivity index (χ2v) is 7.98. The summed E-state index contributed by atoms with van der Waals surface area (Å²) in [6, 6.07) is 6.03. The normalized spacial score (nSPS) is 14.7. The summed E-state index contributed by atoms with van der Waals surface area (Å²) in [6.45, 7) is 5.64. The van der Waals surface area contributed by atoms with Gasteiger partial charge in [0.2, 0.25) is 0 Å². The molecule has 2 N–H and O–H groups in total. The number of hydrogen-bond acceptors (Lipinski definition) is 4. The Hall–Kier alpha value is -2.70. The highest BCUT2D eigenvalue weighted by atomic mass is 16.5. The van der Waals surface area contributed by atoms with Gasteiger partial charge in [-0.25, -0.2) is 0 Å². The van der Waals surface area contributed by atoms with E-state index in [1.807, 2.05) is 23.9 Å². The summed E-state index contributed by atoms with van der Waals surface area (Å²) < 4.78 is 13.7. The summed E-state index contributed by atoms with van der Waals surface area (Å²) in [6.07, 6.45) is 6.91. The van der Waals surface area contributed by atoms with Crippen LogP contribution in [0.1, 0.15) is 62.0 Å². The molecular formula is C24H37N5O2. The van der Waals surface area contributed by atoms with Gasteiger partial charge in [-0.2, -0.15) is 5.10 Å². The van der Waals surface area contributed by atoms with Crippen molar-refractivity contribution >= 4 is 5.96 Å². The van der Waals surface area contributed by atoms with E-state index in [0.29, 0.717) is 19.2 Å². The maximum absolute atomic E-state index is 6.32. The van der Waals surface area contributed by atoms with Gasteiger partial charge in [0.25, 0.3) is 0 Å². The van der Waals surface area contributed by atoms with Crippen molar-refractivity contribution in [1.29, 1.82) is 0 Å². The Morgan fingerprint density at radius 1 is 1.16 bits per heavy atom. The molecule has 0 amide bonds. The summed E-state index contributed by atoms with van der Waals surface area (Å²) in [7, 11) is 5.50. The van der Waals surface area contributed by atoms with Crippen molar-refractivity contribution < 1.29 is 9.47 Å². The number of aryl methyl sites for hydroxylation is 2. The summed E-state index contributed by atoms with van der Waals surface area (Å²) in [5.41, 5.74) is 4.78. The number of aliphatic imine (C=N–C) groups is 1. The van der Waals surface area contributed by atoms with E-state index >= 15 is 0 Å². The van der Waals surface area contributed by atoms with Crippen LogP contribution in [-0.2, 0) is 33.0 Å². The molecule has 0 radical (unpaired) electrons. The Morgan fingerprint density at radius 2 is 1.90 bits per heavy atom. The van der Waals surface area contributed by atoms with E-state index in [0.717, 1.165) is 54.4 Å². The minimum atomic E-state index is 0.300. The average Bonchev–Trinajstić information content (AvgIpc) is 3.41. The van der Waals surface area contributed by atoms with Crippen LogP contribution < -0.4 is 20.1 Å². The van der Waals surface area contributed by atoms with Crippen LogP contribution in [0.25, 0.3) is 0 Å². The van der Waals surface area contributed by atoms with E-state index < -0.39 is 0 Å². The molecule has 1 fully saturated rings. The number of hydrogen-bond donors (Lipinski definition) is 2. The SMILES string of the molecule is CCc1nn(C)c(CC)c1CNC(=NC)NCc1ccc(OC)cc1OC1CCCC1. The van der Waals surface area contributed by atoms with E-state index in [2.05, 4.69) is 40.6 Å². The fourth-order valence-electron chi connectivity index (χ4n) is 4.27. The molecule has 1 aliphatic carbocycles. The van der Waals surface area contributed by atoms with Gasteiger partial charge >= 0.3 is 0 Å². The zero-order valence-electron chi connectivity index (χ0n) is 19.6. The maximum atomic E-state index is 6.32. The molecule has 0 saturated heterocycles. The van der Waals surface area contributed by atoms with Gasteiger partial charge in [-0.3, -0.25) is 9.67 Å². The minimum absolute atomic E-state index is 0.300. The number of rotatable bonds is 9. The van der Waals surface area contributed by atoms with Gasteiger partial charge in [-0.05, 0) is 50.7 Å². The lowest BCUT2D eigenvalue weighted by atomic mass is 10.1. The zero-order chi connectivity index (χ0) is 22.2. The van der Waals surface area contributed by atoms with Crippen molar-refractivity contribution in [3.8, 4) is 11.5 Å². The third kappa shape index (κ3) is 5.71. The molecule has 1 aromatic heterocycles. The van der Waals surface area contributed by atoms with Crippen LogP contribution in [0.4, 0.5) is 0 Å². The second-order valence-electron chi connectivity index (χ2n) is 7.98. The highest BCUT2D eigenvalue weighted by Gasteiger charge is 2.19. The van der Waals surface area contributed by atoms with Crippen molar-refractivity contribution in [3.05, 3.63) is 40.7 Å². The van der Waals surface area contributed by atoms with Crippen LogP contribution in [-0.4, -0.2) is 36.0 Å². The smallest absolute Gasteiger partial charge is 0.191 e. The summed E-state index contributed by atoms with van der Waals surface area (Å²) in [5, 5.41) is 11.5. The highest BCUT2D eigenvalue weighted by Crippen LogP contribution is 2.30. The molecule has 170 valence electrons. The Balaban J connectivity index is 1.65. The summed E-state index contributed by atoms with van der Waals surface area (Å²) in [4.78, 5) is 4.40. The van der Waals surface area contributed by atoms with E-state index in [1.165, 1.54) is 24.1 Å². The zero-order valence-corrected chi connectivity index (χ0v) is 19.6. The first-order chi connectivity index (χ1) is 15.1. The average molecular weight is 428 g/mol. The van der Waals surface area contributed by atoms with Gasteiger partial charge < -0.3 is 20.1 Å². The van der Waals surface area contributed by atoms with Crippen molar-refractivity contribution in [2.45, 2.75) is 71.6 Å². The van der Waals surface area contributed by atoms with Crippen LogP contribution >= 0.6 is 0 Å². The van der Waals surface area contributed by atoms with Crippen LogP contribution in [0, 0.1) is 0 Å². The molecule has 0 bridgehead atoms. The van der Waals surface area contributed by atoms with Gasteiger partial charge in [0.05, 0.1) is 18.9 Å². The Labute approximate surface area is 186 Å². The van der Waals surface area contributed by atoms with Gasteiger partial charge in [0, 0.05) is 50.1 Å². The van der Waals surface area contributed by atoms with Crippen LogP contribution in [0.2, 0.25) is 0 Å². The number of methoxy groups -OCH3 is 1. The molecule has 0 aliphatic heterocycles. The van der Waals surface area contributed by atoms with Crippen molar-refractivity contribution in [2.75, 3.05) is 14.2 Å². The van der Waals surface area contributed by atoms with Gasteiger partial charge in [0.15, 0.2) is 5.96 Å². The third-order valence-electron chi connectivity index (χ3n) is 6.00. The molecule has 1 saturated carbocycles. The predicted octanol–water partition coefficient (Wildman–Crippen LogP) is 3.74. The number of benzene rings is 1. The molecule has 7 heteroatoms. The fraction of sp³-hybridized carbons (Fsp3) is 0.583. The quantitative estimate of drug-likeness (QED) is 0.471. The molecule has 0 atom stereocenters. The van der Waals surface area contributed by atoms with Crippen LogP contribution in [0.15, 0.2) is 23.2 Å². The topological polar surface area (TPSA) is 72.7 Å². The third-order valence-corrected chi connectivity index (χ3v) is 6.00. The van der Waals surface area contributed by atoms with Gasteiger partial charge in [-0.1, -0.05) is 13.8 Å². The number of ether oxygens (including phenoxy) is 2. The molecule has 0 unspecified atom stereocenters. The standard InChI is InChI=1S/C24H37N5O2/c1-6-21-20(22(7-2)29(4)28-21)16-27-24(25-3)26-15-17-12-13-19(30-5)14-23(17)31-18-10-8-9-11-18/h12-14,18H,6-11,15-16H2,1-5H3,(H2,25,26,27). The van der Waals surface area contributed by atoms with Crippen molar-refractivity contribution in [2.24, 2.45) is 12.0 Å². The highest BCUT2D eigenvalue weighted by molar-refractivity contribution is 5.79. The van der Waals surface area contributed by atoms with E-state index in [-0.39, 0.29) is 0 Å². The monoisotopic (exact) mass is 427 g/mol. The first kappa shape index (κ1) is 23.0. The first-order valence-corrected chi connectivity index (χ1v) is 11.4. The van der Waals surface area contributed by atoms with E-state index in [4.69, 9.17) is 9.47 Å². The number of nitrogens with one attached hydrogen (secondary N) is 2. The van der Waals surface area contributed by atoms with Crippen LogP contribution in [0.5, 0.6) is 11.5 Å². The van der Waals surface area contributed by atoms with E-state index in [1.54, 1.807) is 14.2 Å². The largest absolute Gasteiger partial charge is 0.497 e. The maximum Gasteiger partial charge on any atom is 0.191 e. The van der Waals surface area contributed by atoms with Gasteiger partial charge in [-0.15, -0.1) is 0 Å².